The molecule has 0 spiro atoms. The van der Waals surface area contributed by atoms with E-state index in [2.05, 4.69) is 31.9 Å². The van der Waals surface area contributed by atoms with Gasteiger partial charge < -0.3 is 16.0 Å². The van der Waals surface area contributed by atoms with Gasteiger partial charge in [0.2, 0.25) is 5.91 Å². The smallest absolute Gasteiger partial charge is 0.272 e. The van der Waals surface area contributed by atoms with Gasteiger partial charge >= 0.3 is 0 Å². The molecule has 0 heterocycles. The van der Waals surface area contributed by atoms with Crippen molar-refractivity contribution in [3.63, 3.8) is 0 Å². The summed E-state index contributed by atoms with van der Waals surface area (Å²) in [5.74, 6) is -0.808. The van der Waals surface area contributed by atoms with E-state index < -0.39 is 11.8 Å². The van der Waals surface area contributed by atoms with Gasteiger partial charge in [-0.3, -0.25) is 14.4 Å². The number of rotatable bonds is 9. The first-order chi connectivity index (χ1) is 19.3. The van der Waals surface area contributed by atoms with Crippen LogP contribution in [0, 0.1) is 6.92 Å². The molecule has 0 fully saturated rings. The molecule has 3 amide bonds. The van der Waals surface area contributed by atoms with E-state index in [1.165, 1.54) is 11.8 Å². The fourth-order valence-electron chi connectivity index (χ4n) is 3.55. The van der Waals surface area contributed by atoms with Crippen LogP contribution in [0.1, 0.15) is 21.5 Å². The molecule has 0 aliphatic heterocycles. The molecular weight excluding hydrogens is 610 g/mol. The number of benzene rings is 4. The van der Waals surface area contributed by atoms with Crippen LogP contribution in [0.5, 0.6) is 0 Å². The molecule has 0 aromatic heterocycles. The normalized spacial score (nSPS) is 11.0. The lowest BCUT2D eigenvalue weighted by Gasteiger charge is -2.12. The Kier molecular flexibility index (Phi) is 10.2. The van der Waals surface area contributed by atoms with E-state index in [9.17, 15) is 14.4 Å². The highest BCUT2D eigenvalue weighted by molar-refractivity contribution is 9.10. The molecule has 3 N–H and O–H groups in total. The minimum Gasteiger partial charge on any atom is -0.325 e. The minimum absolute atomic E-state index is 0.0956. The summed E-state index contributed by atoms with van der Waals surface area (Å²) in [4.78, 5) is 39.2. The van der Waals surface area contributed by atoms with Crippen LogP contribution in [0.4, 0.5) is 11.4 Å². The Balaban J connectivity index is 1.40. The van der Waals surface area contributed by atoms with Gasteiger partial charge in [-0.25, -0.2) is 0 Å². The Morgan fingerprint density at radius 2 is 1.57 bits per heavy atom. The Hall–Kier alpha value is -3.85. The number of halogens is 2. The first kappa shape index (κ1) is 29.1. The minimum atomic E-state index is -0.471. The zero-order chi connectivity index (χ0) is 28.5. The predicted molar refractivity (Wildman–Crippen MR) is 167 cm³/mol. The summed E-state index contributed by atoms with van der Waals surface area (Å²) in [6.45, 7) is 1.90. The van der Waals surface area contributed by atoms with Crippen molar-refractivity contribution in [2.45, 2.75) is 11.8 Å². The Bertz CT molecular complexity index is 1560. The number of amides is 3. The maximum atomic E-state index is 13.2. The molecule has 0 unspecified atom stereocenters. The summed E-state index contributed by atoms with van der Waals surface area (Å²) >= 11 is 10.9. The van der Waals surface area contributed by atoms with Crippen molar-refractivity contribution in [2.24, 2.45) is 0 Å². The van der Waals surface area contributed by atoms with Crippen LogP contribution in [-0.4, -0.2) is 23.5 Å². The monoisotopic (exact) mass is 633 g/mol. The third-order valence-corrected chi connectivity index (χ3v) is 7.54. The van der Waals surface area contributed by atoms with Crippen molar-refractivity contribution in [1.29, 1.82) is 0 Å². The van der Waals surface area contributed by atoms with Gasteiger partial charge in [0.15, 0.2) is 0 Å². The van der Waals surface area contributed by atoms with Gasteiger partial charge in [0, 0.05) is 31.3 Å². The van der Waals surface area contributed by atoms with Crippen LogP contribution in [0.2, 0.25) is 5.02 Å². The van der Waals surface area contributed by atoms with Gasteiger partial charge in [-0.15, -0.1) is 11.8 Å². The summed E-state index contributed by atoms with van der Waals surface area (Å²) in [5.41, 5.74) is 3.40. The van der Waals surface area contributed by atoms with E-state index in [1.807, 2.05) is 61.5 Å². The molecule has 4 aromatic carbocycles. The van der Waals surface area contributed by atoms with Crippen molar-refractivity contribution in [3.8, 4) is 0 Å². The standard InChI is InChI=1S/C31H25BrClN3O3S/c1-20-10-11-25(18-27(20)33)34-29(37)19-40-26-14-12-24(13-15-26)35-31(39)28(17-21-6-5-9-23(32)16-21)36-30(38)22-7-3-2-4-8-22/h2-18H,19H2,1H3,(H,34,37)(H,35,39)(H,36,38)/b28-17-. The van der Waals surface area contributed by atoms with Gasteiger partial charge in [0.05, 0.1) is 5.75 Å². The lowest BCUT2D eigenvalue weighted by molar-refractivity contribution is -0.114. The molecule has 6 nitrogen and oxygen atoms in total. The van der Waals surface area contributed by atoms with E-state index >= 15 is 0 Å². The zero-order valence-electron chi connectivity index (χ0n) is 21.4. The summed E-state index contributed by atoms with van der Waals surface area (Å²) in [5, 5.41) is 8.99. The topological polar surface area (TPSA) is 87.3 Å². The highest BCUT2D eigenvalue weighted by Crippen LogP contribution is 2.23. The fourth-order valence-corrected chi connectivity index (χ4v) is 4.85. The van der Waals surface area contributed by atoms with Crippen LogP contribution < -0.4 is 16.0 Å². The molecule has 0 saturated heterocycles. The van der Waals surface area contributed by atoms with Crippen LogP contribution >= 0.6 is 39.3 Å². The van der Waals surface area contributed by atoms with Gasteiger partial charge in [-0.05, 0) is 84.8 Å². The number of thioether (sulfide) groups is 1. The Labute approximate surface area is 250 Å². The van der Waals surface area contributed by atoms with Gasteiger partial charge in [-0.2, -0.15) is 0 Å². The van der Waals surface area contributed by atoms with E-state index in [0.717, 1.165) is 20.5 Å². The quantitative estimate of drug-likeness (QED) is 0.131. The number of carbonyl (C=O) groups is 3. The molecule has 0 saturated carbocycles. The van der Waals surface area contributed by atoms with Crippen molar-refractivity contribution in [3.05, 3.63) is 129 Å². The summed E-state index contributed by atoms with van der Waals surface area (Å²) in [6, 6.07) is 28.6. The number of hydrogen-bond donors (Lipinski definition) is 3. The average molecular weight is 635 g/mol. The first-order valence-corrected chi connectivity index (χ1v) is 14.4. The third kappa shape index (κ3) is 8.58. The second-order valence-corrected chi connectivity index (χ2v) is 11.1. The number of nitrogens with one attached hydrogen (secondary N) is 3. The highest BCUT2D eigenvalue weighted by atomic mass is 79.9. The Morgan fingerprint density at radius 3 is 2.27 bits per heavy atom. The van der Waals surface area contributed by atoms with Crippen LogP contribution in [0.3, 0.4) is 0 Å². The van der Waals surface area contributed by atoms with Crippen molar-refractivity contribution >= 4 is 74.5 Å². The molecule has 0 aliphatic carbocycles. The lowest BCUT2D eigenvalue weighted by Crippen LogP contribution is -2.30. The molecule has 0 bridgehead atoms. The molecule has 9 heteroatoms. The SMILES string of the molecule is Cc1ccc(NC(=O)CSc2ccc(NC(=O)/C(=C/c3cccc(Br)c3)NC(=O)c3ccccc3)cc2)cc1Cl. The number of anilines is 2. The largest absolute Gasteiger partial charge is 0.325 e. The second kappa shape index (κ2) is 14.0. The van der Waals surface area contributed by atoms with Gasteiger partial charge in [0.25, 0.3) is 11.8 Å². The highest BCUT2D eigenvalue weighted by Gasteiger charge is 2.15. The fraction of sp³-hybridized carbons (Fsp3) is 0.0645. The first-order valence-electron chi connectivity index (χ1n) is 12.2. The third-order valence-electron chi connectivity index (χ3n) is 5.63. The Morgan fingerprint density at radius 1 is 0.850 bits per heavy atom. The molecular formula is C31H25BrClN3O3S. The number of aryl methyl sites for hydroxylation is 1. The molecule has 4 aromatic rings. The predicted octanol–water partition coefficient (Wildman–Crippen LogP) is 7.55. The molecule has 202 valence electrons. The van der Waals surface area contributed by atoms with Crippen molar-refractivity contribution in [1.82, 2.24) is 5.32 Å². The summed E-state index contributed by atoms with van der Waals surface area (Å²) in [7, 11) is 0. The van der Waals surface area contributed by atoms with Crippen LogP contribution in [-0.2, 0) is 9.59 Å². The van der Waals surface area contributed by atoms with Crippen LogP contribution in [0.15, 0.2) is 112 Å². The van der Waals surface area contributed by atoms with E-state index in [-0.39, 0.29) is 17.4 Å². The van der Waals surface area contributed by atoms with E-state index in [4.69, 9.17) is 11.6 Å². The average Bonchev–Trinajstić information content (AvgIpc) is 2.95. The van der Waals surface area contributed by atoms with Crippen LogP contribution in [0.25, 0.3) is 6.08 Å². The summed E-state index contributed by atoms with van der Waals surface area (Å²) < 4.78 is 0.847. The lowest BCUT2D eigenvalue weighted by atomic mass is 10.1. The van der Waals surface area contributed by atoms with E-state index in [0.29, 0.717) is 22.0 Å². The molecule has 4 rings (SSSR count). The number of hydrogen-bond acceptors (Lipinski definition) is 4. The number of carbonyl (C=O) groups excluding carboxylic acids is 3. The molecule has 0 radical (unpaired) electrons. The van der Waals surface area contributed by atoms with E-state index in [1.54, 1.807) is 48.5 Å². The zero-order valence-corrected chi connectivity index (χ0v) is 24.6. The maximum absolute atomic E-state index is 13.2. The molecule has 40 heavy (non-hydrogen) atoms. The second-order valence-electron chi connectivity index (χ2n) is 8.71. The van der Waals surface area contributed by atoms with Crippen molar-refractivity contribution < 1.29 is 14.4 Å². The molecule has 0 aliphatic rings. The van der Waals surface area contributed by atoms with Crippen molar-refractivity contribution in [2.75, 3.05) is 16.4 Å². The van der Waals surface area contributed by atoms with Gasteiger partial charge in [0.1, 0.15) is 5.70 Å². The van der Waals surface area contributed by atoms with Gasteiger partial charge in [-0.1, -0.05) is 63.9 Å². The maximum Gasteiger partial charge on any atom is 0.272 e. The summed E-state index contributed by atoms with van der Waals surface area (Å²) in [6.07, 6.45) is 1.62. The molecule has 0 atom stereocenters.